The van der Waals surface area contributed by atoms with Gasteiger partial charge in [-0.2, -0.15) is 5.10 Å². The second kappa shape index (κ2) is 11.4. The van der Waals surface area contributed by atoms with Crippen LogP contribution in [0.25, 0.3) is 16.3 Å². The van der Waals surface area contributed by atoms with Crippen molar-refractivity contribution in [1.82, 2.24) is 20.2 Å². The highest BCUT2D eigenvalue weighted by Crippen LogP contribution is 2.36. The topological polar surface area (TPSA) is 50.2 Å². The molecule has 5 nitrogen and oxygen atoms in total. The Kier molecular flexibility index (Phi) is 8.03. The van der Waals surface area contributed by atoms with Gasteiger partial charge in [-0.25, -0.2) is 9.69 Å². The molecule has 1 saturated carbocycles. The summed E-state index contributed by atoms with van der Waals surface area (Å²) in [5.41, 5.74) is 5.78. The average molecular weight is 542 g/mol. The molecule has 1 aliphatic heterocycles. The molecule has 188 valence electrons. The second-order valence-corrected chi connectivity index (χ2v) is 11.5. The van der Waals surface area contributed by atoms with Crippen LogP contribution in [0.4, 0.5) is 0 Å². The molecule has 0 radical (unpaired) electrons. The Hall–Kier alpha value is -2.30. The maximum atomic E-state index is 13.3. The Bertz CT molecular complexity index is 1310. The van der Waals surface area contributed by atoms with Crippen LogP contribution in [-0.2, 0) is 0 Å². The van der Waals surface area contributed by atoms with E-state index in [0.717, 1.165) is 46.9 Å². The molecule has 0 spiro atoms. The summed E-state index contributed by atoms with van der Waals surface area (Å²) >= 11 is 14.4. The molecule has 2 aromatic heterocycles. The third-order valence-corrected chi connectivity index (χ3v) is 8.48. The second-order valence-electron chi connectivity index (χ2n) is 9.59. The molecule has 1 N–H and O–H groups in total. The molecule has 1 aromatic carbocycles. The molecular weight excluding hydrogens is 511 g/mol. The van der Waals surface area contributed by atoms with Crippen molar-refractivity contribution < 1.29 is 4.79 Å². The highest BCUT2D eigenvalue weighted by atomic mass is 35.5. The lowest BCUT2D eigenvalue weighted by Crippen LogP contribution is -2.45. The van der Waals surface area contributed by atoms with Crippen LogP contribution in [0, 0.1) is 24.7 Å². The van der Waals surface area contributed by atoms with Crippen LogP contribution in [0.5, 0.6) is 0 Å². The first kappa shape index (κ1) is 25.4. The molecule has 2 aliphatic rings. The third kappa shape index (κ3) is 5.65. The maximum absolute atomic E-state index is 13.3. The number of thiophene rings is 1. The summed E-state index contributed by atoms with van der Waals surface area (Å²) in [6.07, 6.45) is 9.63. The minimum atomic E-state index is -0.201. The van der Waals surface area contributed by atoms with Gasteiger partial charge in [-0.05, 0) is 62.9 Å². The number of amides is 1. The fraction of sp³-hybridized carbons (Fsp3) is 0.429. The van der Waals surface area contributed by atoms with Gasteiger partial charge >= 0.3 is 0 Å². The number of nitrogens with zero attached hydrogens (tertiary/aromatic N) is 3. The predicted molar refractivity (Wildman–Crippen MR) is 148 cm³/mol. The van der Waals surface area contributed by atoms with Gasteiger partial charge < -0.3 is 0 Å². The van der Waals surface area contributed by atoms with Gasteiger partial charge in [-0.1, -0.05) is 60.7 Å². The van der Waals surface area contributed by atoms with Crippen molar-refractivity contribution in [2.45, 2.75) is 58.3 Å². The van der Waals surface area contributed by atoms with Crippen molar-refractivity contribution in [3.63, 3.8) is 0 Å². The zero-order valence-electron chi connectivity index (χ0n) is 20.4. The van der Waals surface area contributed by atoms with Gasteiger partial charge in [-0.3, -0.25) is 10.2 Å². The molecule has 3 heterocycles. The predicted octanol–water partition coefficient (Wildman–Crippen LogP) is 7.28. The number of carbonyl (C=O) groups excluding carboxylic acids is 1. The highest BCUT2D eigenvalue weighted by molar-refractivity contribution is 7.16. The summed E-state index contributed by atoms with van der Waals surface area (Å²) in [6, 6.07) is 9.44. The highest BCUT2D eigenvalue weighted by Gasteiger charge is 2.25. The van der Waals surface area contributed by atoms with Gasteiger partial charge in [0.2, 0.25) is 0 Å². The lowest BCUT2D eigenvalue weighted by atomic mass is 9.90. The average Bonchev–Trinajstić information content (AvgIpc) is 3.48. The van der Waals surface area contributed by atoms with Crippen LogP contribution in [0.2, 0.25) is 10.0 Å². The number of rotatable bonds is 4. The molecule has 36 heavy (non-hydrogen) atoms. The van der Waals surface area contributed by atoms with Crippen molar-refractivity contribution in [3.05, 3.63) is 56.5 Å². The van der Waals surface area contributed by atoms with Gasteiger partial charge in [0.05, 0.1) is 26.2 Å². The molecule has 5 rings (SSSR count). The number of piperidine rings is 1. The zero-order valence-corrected chi connectivity index (χ0v) is 22.8. The van der Waals surface area contributed by atoms with Crippen molar-refractivity contribution in [2.75, 3.05) is 13.1 Å². The maximum Gasteiger partial charge on any atom is 0.286 e. The molecule has 1 saturated heterocycles. The van der Waals surface area contributed by atoms with Gasteiger partial charge in [-0.15, -0.1) is 11.3 Å². The first-order valence-corrected chi connectivity index (χ1v) is 14.3. The molecule has 0 bridgehead atoms. The molecule has 0 atom stereocenters. The summed E-state index contributed by atoms with van der Waals surface area (Å²) in [7, 11) is 0. The first-order chi connectivity index (χ1) is 17.5. The van der Waals surface area contributed by atoms with Gasteiger partial charge in [0, 0.05) is 29.6 Å². The lowest BCUT2D eigenvalue weighted by Gasteiger charge is -2.26. The van der Waals surface area contributed by atoms with Gasteiger partial charge in [0.25, 0.3) is 5.91 Å². The first-order valence-electron chi connectivity index (χ1n) is 12.7. The number of aromatic nitrogens is 2. The van der Waals surface area contributed by atoms with E-state index in [0.29, 0.717) is 27.3 Å². The zero-order chi connectivity index (χ0) is 25.1. The van der Waals surface area contributed by atoms with Gasteiger partial charge in [0.1, 0.15) is 0 Å². The summed E-state index contributed by atoms with van der Waals surface area (Å²) in [5, 5.41) is 7.78. The number of hydrogen-bond donors (Lipinski definition) is 1. The minimum Gasteiger partial charge on any atom is -0.283 e. The van der Waals surface area contributed by atoms with E-state index >= 15 is 0 Å². The molecule has 3 aromatic rings. The number of hydrazine groups is 1. The van der Waals surface area contributed by atoms with Crippen molar-refractivity contribution in [3.8, 4) is 28.1 Å². The Morgan fingerprint density at radius 1 is 1.06 bits per heavy atom. The molecule has 2 fully saturated rings. The summed E-state index contributed by atoms with van der Waals surface area (Å²) in [4.78, 5) is 15.3. The van der Waals surface area contributed by atoms with Crippen molar-refractivity contribution >= 4 is 40.4 Å². The van der Waals surface area contributed by atoms with E-state index in [-0.39, 0.29) is 5.91 Å². The number of nitrogens with one attached hydrogen (secondary N) is 1. The SMILES string of the molecule is Cc1c(C(=O)NN2CCCCC2)nn(-c2ccc(Cl)cc2Cl)c1-c1ccc(C#CC2CCCCC2)s1. The fourth-order valence-corrected chi connectivity index (χ4v) is 6.43. The van der Waals surface area contributed by atoms with Crippen LogP contribution in [0.15, 0.2) is 30.3 Å². The molecule has 8 heteroatoms. The Balaban J connectivity index is 1.51. The van der Waals surface area contributed by atoms with E-state index < -0.39 is 0 Å². The molecule has 0 unspecified atom stereocenters. The van der Waals surface area contributed by atoms with Gasteiger partial charge in [0.15, 0.2) is 5.69 Å². The monoisotopic (exact) mass is 540 g/mol. The standard InChI is InChI=1S/C28H30Cl2N4OS/c1-19-26(28(35)32-33-16-6-3-7-17-33)31-34(24-14-11-21(29)18-23(24)30)27(19)25-15-13-22(36-25)12-10-20-8-4-2-5-9-20/h11,13-15,18,20H,2-9,16-17H2,1H3,(H,32,35). The lowest BCUT2D eigenvalue weighted by molar-refractivity contribution is 0.0743. The van der Waals surface area contributed by atoms with E-state index in [1.54, 1.807) is 28.2 Å². The van der Waals surface area contributed by atoms with Crippen LogP contribution < -0.4 is 5.43 Å². The summed E-state index contributed by atoms with van der Waals surface area (Å²) < 4.78 is 1.77. The quantitative estimate of drug-likeness (QED) is 0.353. The van der Waals surface area contributed by atoms with E-state index in [9.17, 15) is 4.79 Å². The third-order valence-electron chi connectivity index (χ3n) is 6.93. The largest absolute Gasteiger partial charge is 0.286 e. The van der Waals surface area contributed by atoms with E-state index in [1.807, 2.05) is 18.0 Å². The molecular formula is C28H30Cl2N4OS. The van der Waals surface area contributed by atoms with Crippen LogP contribution in [-0.4, -0.2) is 33.8 Å². The molecule has 1 aliphatic carbocycles. The van der Waals surface area contributed by atoms with E-state index in [4.69, 9.17) is 28.3 Å². The Morgan fingerprint density at radius 3 is 2.56 bits per heavy atom. The number of hydrogen-bond acceptors (Lipinski definition) is 4. The normalized spacial score (nSPS) is 17.0. The number of carbonyl (C=O) groups is 1. The smallest absolute Gasteiger partial charge is 0.283 e. The van der Waals surface area contributed by atoms with Crippen LogP contribution >= 0.6 is 34.5 Å². The minimum absolute atomic E-state index is 0.201. The van der Waals surface area contributed by atoms with E-state index in [1.165, 1.54) is 38.5 Å². The number of halogens is 2. The number of benzene rings is 1. The van der Waals surface area contributed by atoms with Crippen molar-refractivity contribution in [2.24, 2.45) is 5.92 Å². The van der Waals surface area contributed by atoms with Crippen LogP contribution in [0.3, 0.4) is 0 Å². The van der Waals surface area contributed by atoms with Crippen molar-refractivity contribution in [1.29, 1.82) is 0 Å². The fourth-order valence-electron chi connectivity index (χ4n) is 4.98. The van der Waals surface area contributed by atoms with E-state index in [2.05, 4.69) is 29.4 Å². The summed E-state index contributed by atoms with van der Waals surface area (Å²) in [6.45, 7) is 3.66. The Morgan fingerprint density at radius 2 is 1.81 bits per heavy atom. The Labute approximate surface area is 226 Å². The summed E-state index contributed by atoms with van der Waals surface area (Å²) in [5.74, 6) is 7.17. The molecule has 1 amide bonds. The van der Waals surface area contributed by atoms with Crippen LogP contribution in [0.1, 0.15) is 72.3 Å².